The van der Waals surface area contributed by atoms with Gasteiger partial charge in [-0.2, -0.15) is 13.7 Å². The van der Waals surface area contributed by atoms with E-state index in [4.69, 9.17) is 0 Å². The molecule has 0 spiro atoms. The van der Waals surface area contributed by atoms with E-state index in [1.54, 1.807) is 36.0 Å². The smallest absolute Gasteiger partial charge is 0.236 e. The largest absolute Gasteiger partial charge is 0.252 e. The molecule has 0 bridgehead atoms. The summed E-state index contributed by atoms with van der Waals surface area (Å²) >= 11 is 1.16. The summed E-state index contributed by atoms with van der Waals surface area (Å²) in [6, 6.07) is 12.6. The number of piperazine rings is 1. The Morgan fingerprint density at radius 2 is 1.43 bits per heavy atom. The van der Waals surface area contributed by atoms with E-state index in [2.05, 4.69) is 5.10 Å². The van der Waals surface area contributed by atoms with Gasteiger partial charge in [0.15, 0.2) is 0 Å². The minimum absolute atomic E-state index is 0.0995. The second-order valence-corrected chi connectivity index (χ2v) is 12.0. The van der Waals surface area contributed by atoms with E-state index in [1.165, 1.54) is 8.61 Å². The van der Waals surface area contributed by atoms with Gasteiger partial charge in [-0.15, -0.1) is 11.3 Å². The molecule has 0 aliphatic carbocycles. The SMILES string of the molecule is Cc1nn(-c2ccccc2)c(C)c1S(=O)(=O)N1CCN(S(=O)(=O)c2cccs2)CC1. The molecule has 160 valence electrons. The molecule has 0 saturated carbocycles. The van der Waals surface area contributed by atoms with Gasteiger partial charge in [0.05, 0.1) is 17.1 Å². The fourth-order valence-electron chi connectivity index (χ4n) is 3.64. The van der Waals surface area contributed by atoms with Crippen LogP contribution in [0.25, 0.3) is 5.69 Å². The average molecular weight is 467 g/mol. The third-order valence-electron chi connectivity index (χ3n) is 5.11. The Balaban J connectivity index is 1.58. The summed E-state index contributed by atoms with van der Waals surface area (Å²) in [5.74, 6) is 0. The summed E-state index contributed by atoms with van der Waals surface area (Å²) in [5, 5.41) is 6.15. The quantitative estimate of drug-likeness (QED) is 0.575. The lowest BCUT2D eigenvalue weighted by Crippen LogP contribution is -2.50. The third kappa shape index (κ3) is 3.60. The van der Waals surface area contributed by atoms with Crippen LogP contribution in [0.3, 0.4) is 0 Å². The van der Waals surface area contributed by atoms with Gasteiger partial charge in [-0.05, 0) is 37.4 Å². The molecule has 1 fully saturated rings. The van der Waals surface area contributed by atoms with E-state index >= 15 is 0 Å². The highest BCUT2D eigenvalue weighted by Crippen LogP contribution is 2.28. The Bertz CT molecular complexity index is 1240. The first kappa shape index (κ1) is 21.2. The first-order chi connectivity index (χ1) is 14.2. The van der Waals surface area contributed by atoms with Crippen molar-refractivity contribution in [2.24, 2.45) is 0 Å². The van der Waals surface area contributed by atoms with Gasteiger partial charge >= 0.3 is 0 Å². The topological polar surface area (TPSA) is 92.6 Å². The lowest BCUT2D eigenvalue weighted by Gasteiger charge is -2.33. The fraction of sp³-hybridized carbons (Fsp3) is 0.316. The van der Waals surface area contributed by atoms with Crippen LogP contribution in [-0.2, 0) is 20.0 Å². The minimum atomic E-state index is -3.80. The van der Waals surface area contributed by atoms with E-state index in [9.17, 15) is 16.8 Å². The molecule has 3 heterocycles. The Morgan fingerprint density at radius 1 is 0.833 bits per heavy atom. The molecule has 2 aromatic heterocycles. The molecule has 0 unspecified atom stereocenters. The van der Waals surface area contributed by atoms with Crippen molar-refractivity contribution < 1.29 is 16.8 Å². The summed E-state index contributed by atoms with van der Waals surface area (Å²) in [5.41, 5.74) is 1.74. The molecule has 0 atom stereocenters. The van der Waals surface area contributed by atoms with Crippen molar-refractivity contribution in [1.29, 1.82) is 0 Å². The molecule has 1 aromatic carbocycles. The molecule has 4 rings (SSSR count). The van der Waals surface area contributed by atoms with Gasteiger partial charge in [0, 0.05) is 26.2 Å². The van der Waals surface area contributed by atoms with Crippen LogP contribution in [0, 0.1) is 13.8 Å². The van der Waals surface area contributed by atoms with Crippen LogP contribution >= 0.6 is 11.3 Å². The van der Waals surface area contributed by atoms with Gasteiger partial charge in [0.2, 0.25) is 10.0 Å². The van der Waals surface area contributed by atoms with Gasteiger partial charge in [-0.25, -0.2) is 21.5 Å². The maximum absolute atomic E-state index is 13.4. The molecule has 1 saturated heterocycles. The van der Waals surface area contributed by atoms with Crippen LogP contribution in [0.5, 0.6) is 0 Å². The minimum Gasteiger partial charge on any atom is -0.236 e. The number of thiophene rings is 1. The number of aromatic nitrogens is 2. The van der Waals surface area contributed by atoms with E-state index in [0.717, 1.165) is 17.0 Å². The van der Waals surface area contributed by atoms with Crippen molar-refractivity contribution in [2.45, 2.75) is 23.0 Å². The Hall–Kier alpha value is -2.05. The molecule has 3 aromatic rings. The number of sulfonamides is 2. The summed E-state index contributed by atoms with van der Waals surface area (Å²) in [6.07, 6.45) is 0. The number of para-hydroxylation sites is 1. The standard InChI is InChI=1S/C19H22N4O4S3/c1-15-19(16(2)23(20-15)17-7-4-3-5-8-17)30(26,27)22-12-10-21(11-13-22)29(24,25)18-9-6-14-28-18/h3-9,14H,10-13H2,1-2H3. The van der Waals surface area contributed by atoms with Crippen molar-refractivity contribution in [1.82, 2.24) is 18.4 Å². The molecular weight excluding hydrogens is 444 g/mol. The first-order valence-electron chi connectivity index (χ1n) is 9.38. The molecule has 8 nitrogen and oxygen atoms in total. The Kier molecular flexibility index (Phi) is 5.58. The highest BCUT2D eigenvalue weighted by atomic mass is 32.2. The lowest BCUT2D eigenvalue weighted by atomic mass is 10.3. The molecule has 0 N–H and O–H groups in total. The van der Waals surface area contributed by atoms with Crippen molar-refractivity contribution in [3.63, 3.8) is 0 Å². The van der Waals surface area contributed by atoms with Crippen molar-refractivity contribution in [3.8, 4) is 5.69 Å². The van der Waals surface area contributed by atoms with E-state index < -0.39 is 20.0 Å². The summed E-state index contributed by atoms with van der Waals surface area (Å²) in [4.78, 5) is 0.181. The molecule has 0 radical (unpaired) electrons. The van der Waals surface area contributed by atoms with Crippen molar-refractivity contribution in [2.75, 3.05) is 26.2 Å². The van der Waals surface area contributed by atoms with Crippen LogP contribution < -0.4 is 0 Å². The molecule has 1 aliphatic rings. The van der Waals surface area contributed by atoms with Crippen LogP contribution in [0.4, 0.5) is 0 Å². The predicted octanol–water partition coefficient (Wildman–Crippen LogP) is 2.25. The van der Waals surface area contributed by atoms with Gasteiger partial charge in [0.25, 0.3) is 10.0 Å². The second kappa shape index (κ2) is 7.89. The monoisotopic (exact) mass is 466 g/mol. The second-order valence-electron chi connectivity index (χ2n) is 6.99. The zero-order valence-electron chi connectivity index (χ0n) is 16.6. The predicted molar refractivity (Wildman–Crippen MR) is 115 cm³/mol. The van der Waals surface area contributed by atoms with Gasteiger partial charge in [-0.3, -0.25) is 0 Å². The molecular formula is C19H22N4O4S3. The zero-order valence-corrected chi connectivity index (χ0v) is 19.0. The average Bonchev–Trinajstić information content (AvgIpc) is 3.37. The Morgan fingerprint density at radius 3 is 2.00 bits per heavy atom. The number of aryl methyl sites for hydroxylation is 1. The van der Waals surface area contributed by atoms with E-state index in [1.807, 2.05) is 30.3 Å². The number of rotatable bonds is 5. The van der Waals surface area contributed by atoms with Crippen LogP contribution in [0.2, 0.25) is 0 Å². The molecule has 0 amide bonds. The van der Waals surface area contributed by atoms with Crippen molar-refractivity contribution in [3.05, 3.63) is 59.2 Å². The van der Waals surface area contributed by atoms with Gasteiger partial charge in [0.1, 0.15) is 9.10 Å². The maximum Gasteiger partial charge on any atom is 0.252 e. The number of hydrogen-bond acceptors (Lipinski definition) is 6. The Labute approximate surface area is 180 Å². The number of nitrogens with zero attached hydrogens (tertiary/aromatic N) is 4. The molecule has 1 aliphatic heterocycles. The highest BCUT2D eigenvalue weighted by Gasteiger charge is 2.36. The lowest BCUT2D eigenvalue weighted by molar-refractivity contribution is 0.273. The molecule has 30 heavy (non-hydrogen) atoms. The number of hydrogen-bond donors (Lipinski definition) is 0. The highest BCUT2D eigenvalue weighted by molar-refractivity contribution is 7.91. The maximum atomic E-state index is 13.4. The third-order valence-corrected chi connectivity index (χ3v) is 10.5. The van der Waals surface area contributed by atoms with E-state index in [-0.39, 0.29) is 35.3 Å². The van der Waals surface area contributed by atoms with Crippen molar-refractivity contribution >= 4 is 31.4 Å². The fourth-order valence-corrected chi connectivity index (χ4v) is 7.98. The summed E-state index contributed by atoms with van der Waals surface area (Å²) in [7, 11) is -7.39. The first-order valence-corrected chi connectivity index (χ1v) is 13.1. The van der Waals surface area contributed by atoms with Crippen LogP contribution in [-0.4, -0.2) is 61.4 Å². The van der Waals surface area contributed by atoms with Gasteiger partial charge in [-0.1, -0.05) is 24.3 Å². The van der Waals surface area contributed by atoms with E-state index in [0.29, 0.717) is 11.4 Å². The van der Waals surface area contributed by atoms with Gasteiger partial charge < -0.3 is 0 Å². The molecule has 11 heteroatoms. The summed E-state index contributed by atoms with van der Waals surface area (Å²) in [6.45, 7) is 3.84. The van der Waals surface area contributed by atoms with Crippen LogP contribution in [0.1, 0.15) is 11.4 Å². The van der Waals surface area contributed by atoms with Crippen LogP contribution in [0.15, 0.2) is 56.9 Å². The zero-order chi connectivity index (χ0) is 21.5. The normalized spacial score (nSPS) is 16.7. The number of benzene rings is 1. The summed E-state index contributed by atoms with van der Waals surface area (Å²) < 4.78 is 56.7.